The second-order valence-corrected chi connectivity index (χ2v) is 9.62. The number of aryl methyl sites for hydroxylation is 1. The average Bonchev–Trinajstić information content (AvgIpc) is 2.70. The summed E-state index contributed by atoms with van der Waals surface area (Å²) in [6.45, 7) is 19.9. The molecule has 0 amide bonds. The molecule has 0 aliphatic rings. The summed E-state index contributed by atoms with van der Waals surface area (Å²) in [6, 6.07) is 8.73. The molecule has 0 fully saturated rings. The van der Waals surface area contributed by atoms with E-state index in [1.807, 2.05) is 12.4 Å². The highest BCUT2D eigenvalue weighted by Gasteiger charge is 2.16. The molecule has 2 rings (SSSR count). The molecule has 2 aromatic carbocycles. The van der Waals surface area contributed by atoms with E-state index < -0.39 is 0 Å². The summed E-state index contributed by atoms with van der Waals surface area (Å²) in [5.74, 6) is 2.44. The van der Waals surface area contributed by atoms with Gasteiger partial charge in [-0.3, -0.25) is 9.98 Å². The lowest BCUT2D eigenvalue weighted by Gasteiger charge is -2.18. The summed E-state index contributed by atoms with van der Waals surface area (Å²) < 4.78 is 5.54. The van der Waals surface area contributed by atoms with Gasteiger partial charge in [0.05, 0.1) is 18.5 Å². The van der Waals surface area contributed by atoms with E-state index in [1.54, 1.807) is 7.11 Å². The van der Waals surface area contributed by atoms with Gasteiger partial charge in [-0.2, -0.15) is 0 Å². The zero-order valence-corrected chi connectivity index (χ0v) is 21.1. The van der Waals surface area contributed by atoms with Gasteiger partial charge in [0.25, 0.3) is 0 Å². The van der Waals surface area contributed by atoms with E-state index in [2.05, 4.69) is 86.6 Å². The minimum absolute atomic E-state index is 0.355. The molecular weight excluding hydrogens is 380 g/mol. The van der Waals surface area contributed by atoms with Gasteiger partial charge < -0.3 is 4.74 Å². The zero-order chi connectivity index (χ0) is 23.3. The van der Waals surface area contributed by atoms with E-state index in [4.69, 9.17) is 14.7 Å². The van der Waals surface area contributed by atoms with Crippen molar-refractivity contribution in [2.24, 2.45) is 9.98 Å². The molecule has 0 atom stereocenters. The van der Waals surface area contributed by atoms with E-state index in [9.17, 15) is 0 Å². The van der Waals surface area contributed by atoms with Crippen LogP contribution in [-0.4, -0.2) is 19.5 Å². The van der Waals surface area contributed by atoms with Crippen LogP contribution in [0.3, 0.4) is 0 Å². The smallest absolute Gasteiger partial charge is 0.119 e. The quantitative estimate of drug-likeness (QED) is 0.394. The lowest BCUT2D eigenvalue weighted by molar-refractivity contribution is 0.413. The van der Waals surface area contributed by atoms with E-state index in [-0.39, 0.29) is 0 Å². The van der Waals surface area contributed by atoms with Crippen molar-refractivity contribution in [3.63, 3.8) is 0 Å². The molecule has 0 N–H and O–H groups in total. The van der Waals surface area contributed by atoms with Gasteiger partial charge in [0.2, 0.25) is 0 Å². The molecular formula is C28H40N2O. The number of methoxy groups -OCH3 is 1. The summed E-state index contributed by atoms with van der Waals surface area (Å²) in [5.41, 5.74) is 8.41. The van der Waals surface area contributed by atoms with Crippen LogP contribution in [0, 0.1) is 6.92 Å². The van der Waals surface area contributed by atoms with Crippen molar-refractivity contribution in [2.75, 3.05) is 7.11 Å². The molecule has 0 spiro atoms. The van der Waals surface area contributed by atoms with Crippen molar-refractivity contribution in [2.45, 2.75) is 86.0 Å². The topological polar surface area (TPSA) is 34.0 Å². The molecule has 0 aliphatic carbocycles. The van der Waals surface area contributed by atoms with E-state index >= 15 is 0 Å². The molecule has 0 saturated heterocycles. The van der Waals surface area contributed by atoms with Gasteiger partial charge in [-0.15, -0.1) is 0 Å². The SMILES string of the molecule is COc1cc(C(C)C)c(N=CC=Nc2c(C(C)C)cc(C)cc2C(C)C)c(C(C)C)c1. The molecule has 0 saturated carbocycles. The molecule has 0 radical (unpaired) electrons. The predicted molar refractivity (Wildman–Crippen MR) is 137 cm³/mol. The summed E-state index contributed by atoms with van der Waals surface area (Å²) in [7, 11) is 1.72. The van der Waals surface area contributed by atoms with Crippen molar-refractivity contribution in [1.82, 2.24) is 0 Å². The first-order valence-corrected chi connectivity index (χ1v) is 11.5. The van der Waals surface area contributed by atoms with Crippen LogP contribution in [0.5, 0.6) is 5.75 Å². The Labute approximate surface area is 189 Å². The predicted octanol–water partition coefficient (Wildman–Crippen LogP) is 8.60. The summed E-state index contributed by atoms with van der Waals surface area (Å²) in [5, 5.41) is 0. The number of ether oxygens (including phenoxy) is 1. The van der Waals surface area contributed by atoms with Gasteiger partial charge in [-0.25, -0.2) is 0 Å². The van der Waals surface area contributed by atoms with Gasteiger partial charge >= 0.3 is 0 Å². The number of aliphatic imine (C=N–C) groups is 2. The Morgan fingerprint density at radius 2 is 0.935 bits per heavy atom. The Kier molecular flexibility index (Phi) is 8.61. The molecule has 168 valence electrons. The van der Waals surface area contributed by atoms with Crippen LogP contribution in [0.15, 0.2) is 34.3 Å². The molecule has 2 aromatic rings. The molecule has 0 heterocycles. The summed E-state index contributed by atoms with van der Waals surface area (Å²) in [6.07, 6.45) is 3.69. The standard InChI is InChI=1S/C28H40N2O/c1-17(2)23-13-21(9)14-24(18(3)4)27(23)29-11-12-30-28-25(19(5)6)15-22(31-10)16-26(28)20(7)8/h11-20H,1-10H3. The van der Waals surface area contributed by atoms with Crippen LogP contribution >= 0.6 is 0 Å². The first-order valence-electron chi connectivity index (χ1n) is 11.5. The normalized spacial score (nSPS) is 12.5. The maximum Gasteiger partial charge on any atom is 0.119 e. The Morgan fingerprint density at radius 3 is 1.23 bits per heavy atom. The highest BCUT2D eigenvalue weighted by atomic mass is 16.5. The Morgan fingerprint density at radius 1 is 0.613 bits per heavy atom. The van der Waals surface area contributed by atoms with Crippen molar-refractivity contribution >= 4 is 23.8 Å². The number of rotatable bonds is 8. The highest BCUT2D eigenvalue weighted by molar-refractivity contribution is 6.17. The largest absolute Gasteiger partial charge is 0.497 e. The molecule has 0 bridgehead atoms. The molecule has 31 heavy (non-hydrogen) atoms. The monoisotopic (exact) mass is 420 g/mol. The fourth-order valence-corrected chi connectivity index (χ4v) is 3.88. The van der Waals surface area contributed by atoms with Gasteiger partial charge in [0.15, 0.2) is 0 Å². The minimum Gasteiger partial charge on any atom is -0.497 e. The maximum atomic E-state index is 5.54. The minimum atomic E-state index is 0.355. The summed E-state index contributed by atoms with van der Waals surface area (Å²) in [4.78, 5) is 9.76. The molecule has 3 heteroatoms. The van der Waals surface area contributed by atoms with Crippen LogP contribution in [0.4, 0.5) is 11.4 Å². The third-order valence-electron chi connectivity index (χ3n) is 5.65. The number of benzene rings is 2. The fourth-order valence-electron chi connectivity index (χ4n) is 3.88. The molecule has 0 aromatic heterocycles. The average molecular weight is 421 g/mol. The van der Waals surface area contributed by atoms with Crippen molar-refractivity contribution < 1.29 is 4.74 Å². The van der Waals surface area contributed by atoms with Crippen LogP contribution in [0.2, 0.25) is 0 Å². The van der Waals surface area contributed by atoms with Crippen LogP contribution in [0.1, 0.15) is 107 Å². The lowest BCUT2D eigenvalue weighted by Crippen LogP contribution is -1.99. The number of nitrogens with zero attached hydrogens (tertiary/aromatic N) is 2. The van der Waals surface area contributed by atoms with Gasteiger partial charge in [-0.1, -0.05) is 73.1 Å². The van der Waals surface area contributed by atoms with Crippen molar-refractivity contribution in [3.8, 4) is 5.75 Å². The third kappa shape index (κ3) is 6.06. The van der Waals surface area contributed by atoms with Crippen LogP contribution < -0.4 is 4.74 Å². The van der Waals surface area contributed by atoms with Gasteiger partial charge in [0.1, 0.15) is 5.75 Å². The Bertz CT molecular complexity index is 891. The van der Waals surface area contributed by atoms with Crippen LogP contribution in [-0.2, 0) is 0 Å². The van der Waals surface area contributed by atoms with E-state index in [0.717, 1.165) is 17.1 Å². The number of hydrogen-bond donors (Lipinski definition) is 0. The molecule has 3 nitrogen and oxygen atoms in total. The molecule has 0 unspecified atom stereocenters. The first-order chi connectivity index (χ1) is 14.6. The second-order valence-electron chi connectivity index (χ2n) is 9.62. The Hall–Kier alpha value is -2.42. The maximum absolute atomic E-state index is 5.54. The van der Waals surface area contributed by atoms with E-state index in [1.165, 1.54) is 27.8 Å². The Balaban J connectivity index is 2.52. The lowest BCUT2D eigenvalue weighted by atomic mass is 9.91. The fraction of sp³-hybridized carbons (Fsp3) is 0.500. The number of hydrogen-bond acceptors (Lipinski definition) is 3. The van der Waals surface area contributed by atoms with E-state index in [0.29, 0.717) is 23.7 Å². The second kappa shape index (κ2) is 10.7. The first kappa shape index (κ1) is 24.8. The zero-order valence-electron chi connectivity index (χ0n) is 21.1. The van der Waals surface area contributed by atoms with Gasteiger partial charge in [-0.05, 0) is 65.0 Å². The van der Waals surface area contributed by atoms with Crippen molar-refractivity contribution in [1.29, 1.82) is 0 Å². The van der Waals surface area contributed by atoms with Crippen molar-refractivity contribution in [3.05, 3.63) is 52.1 Å². The van der Waals surface area contributed by atoms with Crippen LogP contribution in [0.25, 0.3) is 0 Å². The molecule has 0 aliphatic heterocycles. The van der Waals surface area contributed by atoms with Gasteiger partial charge in [0, 0.05) is 12.4 Å². The highest BCUT2D eigenvalue weighted by Crippen LogP contribution is 2.38. The summed E-state index contributed by atoms with van der Waals surface area (Å²) >= 11 is 0. The third-order valence-corrected chi connectivity index (χ3v) is 5.65.